The van der Waals surface area contributed by atoms with Gasteiger partial charge >= 0.3 is 3.98 Å². The van der Waals surface area contributed by atoms with Crippen LogP contribution in [0.3, 0.4) is 0 Å². The molecule has 2 rings (SSSR count). The molecule has 1 fully saturated rings. The Morgan fingerprint density at radius 1 is 1.17 bits per heavy atom. The minimum Gasteiger partial charge on any atom is -1.00 e. The second kappa shape index (κ2) is 4.97. The standard InChI is InChI=1S/C7H10NOS2.ClH/c1-3-9-4-2-8(1)7-10-5-6-11-7;/h5-6H,1-4H2;1H/q+1;/p-1. The molecule has 12 heavy (non-hydrogen) atoms. The molecule has 1 aliphatic rings. The maximum Gasteiger partial charge on any atom is 0.314 e. The normalized spacial score (nSPS) is 17.2. The van der Waals surface area contributed by atoms with Gasteiger partial charge in [-0.2, -0.15) is 0 Å². The third kappa shape index (κ3) is 2.29. The van der Waals surface area contributed by atoms with Crippen molar-refractivity contribution in [1.29, 1.82) is 0 Å². The first-order chi connectivity index (χ1) is 5.47. The summed E-state index contributed by atoms with van der Waals surface area (Å²) in [7, 11) is 0. The van der Waals surface area contributed by atoms with Crippen molar-refractivity contribution in [2.45, 2.75) is 0 Å². The maximum absolute atomic E-state index is 5.27. The zero-order valence-electron chi connectivity index (χ0n) is 6.53. The molecule has 68 valence electrons. The van der Waals surface area contributed by atoms with Crippen LogP contribution in [-0.2, 0) is 4.74 Å². The average Bonchev–Trinajstić information content (AvgIpc) is 2.58. The summed E-state index contributed by atoms with van der Waals surface area (Å²) in [5, 5.41) is 4.27. The average molecular weight is 224 g/mol. The lowest BCUT2D eigenvalue weighted by Gasteiger charge is -2.08. The van der Waals surface area contributed by atoms with E-state index in [0.717, 1.165) is 26.3 Å². The zero-order chi connectivity index (χ0) is 7.52. The molecule has 0 aliphatic carbocycles. The SMILES string of the molecule is [Cl-].c1csc(=[N+]2CCOCC2)s1. The molecular formula is C7H10ClNOS2. The van der Waals surface area contributed by atoms with Gasteiger partial charge in [-0.25, -0.2) is 4.58 Å². The minimum atomic E-state index is 0. The highest BCUT2D eigenvalue weighted by molar-refractivity contribution is 7.24. The van der Waals surface area contributed by atoms with Crippen LogP contribution in [0.15, 0.2) is 10.8 Å². The second-order valence-corrected chi connectivity index (χ2v) is 4.42. The van der Waals surface area contributed by atoms with E-state index in [1.165, 1.54) is 3.98 Å². The minimum absolute atomic E-state index is 0. The predicted molar refractivity (Wildman–Crippen MR) is 48.0 cm³/mol. The Morgan fingerprint density at radius 2 is 1.75 bits per heavy atom. The molecule has 1 saturated heterocycles. The van der Waals surface area contributed by atoms with Crippen molar-refractivity contribution in [3.8, 4) is 0 Å². The Kier molecular flexibility index (Phi) is 4.21. The fourth-order valence-electron chi connectivity index (χ4n) is 1.09. The van der Waals surface area contributed by atoms with E-state index < -0.39 is 0 Å². The predicted octanol–water partition coefficient (Wildman–Crippen LogP) is -2.38. The van der Waals surface area contributed by atoms with Crippen LogP contribution in [0, 0.1) is 0 Å². The molecule has 2 nitrogen and oxygen atoms in total. The van der Waals surface area contributed by atoms with Crippen LogP contribution in [0.2, 0.25) is 0 Å². The van der Waals surface area contributed by atoms with E-state index in [1.54, 1.807) is 0 Å². The lowest BCUT2D eigenvalue weighted by atomic mass is 10.5. The monoisotopic (exact) mass is 223 g/mol. The third-order valence-electron chi connectivity index (χ3n) is 1.66. The van der Waals surface area contributed by atoms with Crippen molar-refractivity contribution in [2.75, 3.05) is 26.3 Å². The zero-order valence-corrected chi connectivity index (χ0v) is 8.92. The molecule has 2 heterocycles. The Labute approximate surface area is 85.5 Å². The molecule has 0 aromatic carbocycles. The smallest absolute Gasteiger partial charge is 0.314 e. The maximum atomic E-state index is 5.27. The van der Waals surface area contributed by atoms with Gasteiger partial charge in [0.15, 0.2) is 13.1 Å². The number of hydrogen-bond acceptors (Lipinski definition) is 3. The molecule has 1 aromatic rings. The van der Waals surface area contributed by atoms with Gasteiger partial charge in [-0.15, -0.1) is 0 Å². The Morgan fingerprint density at radius 3 is 2.33 bits per heavy atom. The molecule has 0 atom stereocenters. The molecular weight excluding hydrogens is 214 g/mol. The fraction of sp³-hybridized carbons (Fsp3) is 0.571. The summed E-state index contributed by atoms with van der Waals surface area (Å²) < 4.78 is 9.06. The molecule has 1 aromatic heterocycles. The van der Waals surface area contributed by atoms with Crippen molar-refractivity contribution in [2.24, 2.45) is 0 Å². The first-order valence-electron chi connectivity index (χ1n) is 3.65. The number of rotatable bonds is 0. The third-order valence-corrected chi connectivity index (χ3v) is 3.88. The van der Waals surface area contributed by atoms with Gasteiger partial charge in [-0.1, -0.05) is 22.7 Å². The van der Waals surface area contributed by atoms with E-state index in [1.807, 2.05) is 22.7 Å². The van der Waals surface area contributed by atoms with Gasteiger partial charge in [0.2, 0.25) is 0 Å². The first kappa shape index (κ1) is 10.2. The van der Waals surface area contributed by atoms with Gasteiger partial charge in [0.05, 0.1) is 0 Å². The highest BCUT2D eigenvalue weighted by Gasteiger charge is 2.11. The largest absolute Gasteiger partial charge is 1.00 e. The number of halogens is 1. The van der Waals surface area contributed by atoms with E-state index in [9.17, 15) is 0 Å². The summed E-state index contributed by atoms with van der Waals surface area (Å²) in [5.74, 6) is 0. The van der Waals surface area contributed by atoms with Gasteiger partial charge in [0, 0.05) is 10.8 Å². The lowest BCUT2D eigenvalue weighted by molar-refractivity contribution is -0.00000295. The summed E-state index contributed by atoms with van der Waals surface area (Å²) in [5.41, 5.74) is 0. The van der Waals surface area contributed by atoms with Crippen molar-refractivity contribution < 1.29 is 17.1 Å². The molecule has 0 radical (unpaired) electrons. The Balaban J connectivity index is 0.000000720. The number of ether oxygens (including phenoxy) is 1. The van der Waals surface area contributed by atoms with Gasteiger partial charge in [-0.05, 0) is 0 Å². The van der Waals surface area contributed by atoms with Crippen LogP contribution in [0.25, 0.3) is 0 Å². The second-order valence-electron chi connectivity index (χ2n) is 2.37. The van der Waals surface area contributed by atoms with Gasteiger partial charge in [0.1, 0.15) is 13.2 Å². The van der Waals surface area contributed by atoms with Crippen LogP contribution >= 0.6 is 22.7 Å². The molecule has 1 aliphatic heterocycles. The molecule has 0 unspecified atom stereocenters. The number of morpholine rings is 1. The summed E-state index contributed by atoms with van der Waals surface area (Å²) in [6.45, 7) is 3.86. The fourth-order valence-corrected chi connectivity index (χ4v) is 2.99. The van der Waals surface area contributed by atoms with E-state index in [-0.39, 0.29) is 12.4 Å². The molecule has 0 saturated carbocycles. The van der Waals surface area contributed by atoms with Crippen LogP contribution in [0.5, 0.6) is 0 Å². The van der Waals surface area contributed by atoms with E-state index in [4.69, 9.17) is 4.74 Å². The van der Waals surface area contributed by atoms with E-state index in [0.29, 0.717) is 0 Å². The Hall–Kier alpha value is 0.1000. The topological polar surface area (TPSA) is 12.2 Å². The van der Waals surface area contributed by atoms with Gasteiger partial charge in [-0.3, -0.25) is 0 Å². The molecule has 0 amide bonds. The summed E-state index contributed by atoms with van der Waals surface area (Å²) in [6.07, 6.45) is 0. The van der Waals surface area contributed by atoms with E-state index in [2.05, 4.69) is 15.3 Å². The number of hydrogen-bond donors (Lipinski definition) is 0. The van der Waals surface area contributed by atoms with Gasteiger partial charge in [0.25, 0.3) is 0 Å². The van der Waals surface area contributed by atoms with Crippen LogP contribution in [-0.4, -0.2) is 26.3 Å². The Bertz CT molecular complexity index is 269. The molecule has 0 spiro atoms. The highest BCUT2D eigenvalue weighted by atomic mass is 35.5. The lowest BCUT2D eigenvalue weighted by Crippen LogP contribution is -3.00. The highest BCUT2D eigenvalue weighted by Crippen LogP contribution is 1.94. The molecule has 5 heteroatoms. The number of nitrogens with zero attached hydrogens (tertiary/aromatic N) is 1. The van der Waals surface area contributed by atoms with Crippen molar-refractivity contribution in [3.05, 3.63) is 14.7 Å². The van der Waals surface area contributed by atoms with E-state index >= 15 is 0 Å². The quantitative estimate of drug-likeness (QED) is 0.448. The van der Waals surface area contributed by atoms with Crippen LogP contribution < -0.4 is 21.0 Å². The van der Waals surface area contributed by atoms with Gasteiger partial charge < -0.3 is 17.1 Å². The summed E-state index contributed by atoms with van der Waals surface area (Å²) in [4.78, 5) is 0. The molecule has 0 bridgehead atoms. The van der Waals surface area contributed by atoms with Crippen molar-refractivity contribution in [1.82, 2.24) is 4.58 Å². The first-order valence-corrected chi connectivity index (χ1v) is 5.41. The summed E-state index contributed by atoms with van der Waals surface area (Å²) in [6, 6.07) is 0. The van der Waals surface area contributed by atoms with Crippen molar-refractivity contribution >= 4 is 22.7 Å². The van der Waals surface area contributed by atoms with Crippen molar-refractivity contribution in [3.63, 3.8) is 0 Å². The van der Waals surface area contributed by atoms with Crippen LogP contribution in [0.4, 0.5) is 0 Å². The summed E-state index contributed by atoms with van der Waals surface area (Å²) >= 11 is 3.64. The molecule has 0 N–H and O–H groups in total. The van der Waals surface area contributed by atoms with Crippen LogP contribution in [0.1, 0.15) is 0 Å².